The maximum atomic E-state index is 11.0. The lowest BCUT2D eigenvalue weighted by Gasteiger charge is -1.91. The summed E-state index contributed by atoms with van der Waals surface area (Å²) < 4.78 is 9.51. The second-order valence-corrected chi connectivity index (χ2v) is 2.69. The molecule has 1 N–H and O–H groups in total. The summed E-state index contributed by atoms with van der Waals surface area (Å²) in [4.78, 5) is 21.2. The summed E-state index contributed by atoms with van der Waals surface area (Å²) in [5.74, 6) is -0.983. The van der Waals surface area contributed by atoms with Crippen LogP contribution in [-0.2, 0) is 9.53 Å². The van der Waals surface area contributed by atoms with Crippen molar-refractivity contribution in [3.8, 4) is 0 Å². The van der Waals surface area contributed by atoms with E-state index in [0.29, 0.717) is 5.76 Å². The predicted molar refractivity (Wildman–Crippen MR) is 51.3 cm³/mol. The first kappa shape index (κ1) is 11.0. The van der Waals surface area contributed by atoms with E-state index >= 15 is 0 Å². The molecule has 0 radical (unpaired) electrons. The Morgan fingerprint density at radius 3 is 2.87 bits per heavy atom. The van der Waals surface area contributed by atoms with E-state index in [2.05, 4.69) is 4.74 Å². The lowest BCUT2D eigenvalue weighted by molar-refractivity contribution is -0.135. The van der Waals surface area contributed by atoms with Gasteiger partial charge in [0.05, 0.1) is 13.5 Å². The van der Waals surface area contributed by atoms with Crippen LogP contribution < -0.4 is 0 Å². The number of hydrogen-bond acceptors (Lipinski definition) is 4. The zero-order valence-electron chi connectivity index (χ0n) is 8.10. The third-order valence-corrected chi connectivity index (χ3v) is 1.59. The Morgan fingerprint density at radius 1 is 1.53 bits per heavy atom. The fraction of sp³-hybridized carbons (Fsp3) is 0.200. The lowest BCUT2D eigenvalue weighted by atomic mass is 10.3. The zero-order chi connectivity index (χ0) is 11.3. The molecule has 0 unspecified atom stereocenters. The van der Waals surface area contributed by atoms with Gasteiger partial charge in [0.25, 0.3) is 0 Å². The first-order chi connectivity index (χ1) is 7.13. The third-order valence-electron chi connectivity index (χ3n) is 1.59. The summed E-state index contributed by atoms with van der Waals surface area (Å²) in [7, 11) is 1.25. The summed E-state index contributed by atoms with van der Waals surface area (Å²) in [6.07, 6.45) is 2.83. The van der Waals surface area contributed by atoms with E-state index in [1.54, 1.807) is 6.07 Å². The van der Waals surface area contributed by atoms with Gasteiger partial charge in [-0.25, -0.2) is 4.79 Å². The maximum absolute atomic E-state index is 11.0. The predicted octanol–water partition coefficient (Wildman–Crippen LogP) is 1.55. The highest BCUT2D eigenvalue weighted by Gasteiger charge is 2.09. The van der Waals surface area contributed by atoms with Gasteiger partial charge in [-0.3, -0.25) is 4.79 Å². The Morgan fingerprint density at radius 2 is 2.27 bits per heavy atom. The zero-order valence-corrected chi connectivity index (χ0v) is 8.10. The van der Waals surface area contributed by atoms with Crippen LogP contribution in [0.2, 0.25) is 0 Å². The standard InChI is InChI=1S/C10H10O5/c1-14-10(13)8-6-5-7(15-8)3-2-4-9(11)12/h2-3,5-6H,4H2,1H3,(H,11,12). The van der Waals surface area contributed by atoms with Gasteiger partial charge in [0.15, 0.2) is 0 Å². The smallest absolute Gasteiger partial charge is 0.373 e. The highest BCUT2D eigenvalue weighted by atomic mass is 16.5. The Bertz CT molecular complexity index is 388. The molecule has 0 amide bonds. The Labute approximate surface area is 86.0 Å². The molecule has 5 heteroatoms. The molecule has 5 nitrogen and oxygen atoms in total. The fourth-order valence-electron chi connectivity index (χ4n) is 0.929. The van der Waals surface area contributed by atoms with Crippen LogP contribution in [0.5, 0.6) is 0 Å². The van der Waals surface area contributed by atoms with Crippen molar-refractivity contribution >= 4 is 18.0 Å². The average Bonchev–Trinajstić information content (AvgIpc) is 2.65. The van der Waals surface area contributed by atoms with Crippen LogP contribution in [0.3, 0.4) is 0 Å². The van der Waals surface area contributed by atoms with Crippen LogP contribution in [0, 0.1) is 0 Å². The Balaban J connectivity index is 2.64. The molecule has 1 aromatic rings. The highest BCUT2D eigenvalue weighted by molar-refractivity contribution is 5.86. The second-order valence-electron chi connectivity index (χ2n) is 2.69. The van der Waals surface area contributed by atoms with Gasteiger partial charge in [-0.15, -0.1) is 0 Å². The molecule has 80 valence electrons. The van der Waals surface area contributed by atoms with E-state index in [-0.39, 0.29) is 12.2 Å². The molecule has 0 aliphatic carbocycles. The van der Waals surface area contributed by atoms with Crippen LogP contribution in [0.1, 0.15) is 22.7 Å². The van der Waals surface area contributed by atoms with Crippen molar-refractivity contribution in [1.29, 1.82) is 0 Å². The van der Waals surface area contributed by atoms with Crippen molar-refractivity contribution in [3.63, 3.8) is 0 Å². The number of hydrogen-bond donors (Lipinski definition) is 1. The first-order valence-corrected chi connectivity index (χ1v) is 4.20. The summed E-state index contributed by atoms with van der Waals surface area (Å²) in [5, 5.41) is 8.37. The minimum Gasteiger partial charge on any atom is -0.481 e. The topological polar surface area (TPSA) is 76.7 Å². The first-order valence-electron chi connectivity index (χ1n) is 4.20. The van der Waals surface area contributed by atoms with Crippen LogP contribution in [0.25, 0.3) is 6.08 Å². The van der Waals surface area contributed by atoms with E-state index in [0.717, 1.165) is 0 Å². The van der Waals surface area contributed by atoms with Crippen molar-refractivity contribution in [3.05, 3.63) is 29.7 Å². The molecule has 1 rings (SSSR count). The molecule has 1 heterocycles. The maximum Gasteiger partial charge on any atom is 0.373 e. The van der Waals surface area contributed by atoms with Crippen LogP contribution >= 0.6 is 0 Å². The van der Waals surface area contributed by atoms with Crippen LogP contribution in [-0.4, -0.2) is 24.2 Å². The van der Waals surface area contributed by atoms with E-state index in [1.165, 1.54) is 25.3 Å². The van der Waals surface area contributed by atoms with Crippen molar-refractivity contribution in [1.82, 2.24) is 0 Å². The summed E-state index contributed by atoms with van der Waals surface area (Å²) in [6.45, 7) is 0. The van der Waals surface area contributed by atoms with Crippen molar-refractivity contribution in [2.24, 2.45) is 0 Å². The monoisotopic (exact) mass is 210 g/mol. The minimum atomic E-state index is -0.925. The molecule has 0 aliphatic rings. The number of carboxylic acid groups (broad SMARTS) is 1. The lowest BCUT2D eigenvalue weighted by Crippen LogP contribution is -1.98. The molecule has 0 bridgehead atoms. The van der Waals surface area contributed by atoms with E-state index in [4.69, 9.17) is 9.52 Å². The number of methoxy groups -OCH3 is 1. The molecule has 0 atom stereocenters. The number of ether oxygens (including phenoxy) is 1. The molecular weight excluding hydrogens is 200 g/mol. The highest BCUT2D eigenvalue weighted by Crippen LogP contribution is 2.10. The number of esters is 1. The average molecular weight is 210 g/mol. The van der Waals surface area contributed by atoms with Crippen molar-refractivity contribution < 1.29 is 23.8 Å². The molecule has 0 aromatic carbocycles. The van der Waals surface area contributed by atoms with Gasteiger partial charge in [0, 0.05) is 0 Å². The minimum absolute atomic E-state index is 0.0890. The quantitative estimate of drug-likeness (QED) is 0.763. The van der Waals surface area contributed by atoms with E-state index < -0.39 is 11.9 Å². The molecular formula is C10H10O5. The van der Waals surface area contributed by atoms with E-state index in [9.17, 15) is 9.59 Å². The molecule has 0 saturated carbocycles. The number of carbonyl (C=O) groups is 2. The van der Waals surface area contributed by atoms with Gasteiger partial charge in [-0.05, 0) is 18.2 Å². The summed E-state index contributed by atoms with van der Waals surface area (Å²) in [6, 6.07) is 3.02. The van der Waals surface area contributed by atoms with Gasteiger partial charge in [0.2, 0.25) is 5.76 Å². The number of carbonyl (C=O) groups excluding carboxylic acids is 1. The number of furan rings is 1. The largest absolute Gasteiger partial charge is 0.481 e. The Hall–Kier alpha value is -2.04. The molecule has 0 saturated heterocycles. The number of carboxylic acids is 1. The number of aliphatic carboxylic acids is 1. The fourth-order valence-corrected chi connectivity index (χ4v) is 0.929. The van der Waals surface area contributed by atoms with Gasteiger partial charge in [-0.2, -0.15) is 0 Å². The molecule has 1 aromatic heterocycles. The van der Waals surface area contributed by atoms with Gasteiger partial charge < -0.3 is 14.3 Å². The molecule has 15 heavy (non-hydrogen) atoms. The van der Waals surface area contributed by atoms with Gasteiger partial charge in [-0.1, -0.05) is 6.08 Å². The molecule has 0 fully saturated rings. The second kappa shape index (κ2) is 4.99. The Kier molecular flexibility index (Phi) is 3.68. The van der Waals surface area contributed by atoms with Crippen molar-refractivity contribution in [2.75, 3.05) is 7.11 Å². The SMILES string of the molecule is COC(=O)c1ccc(C=CCC(=O)O)o1. The third kappa shape index (κ3) is 3.30. The molecule has 0 aliphatic heterocycles. The van der Waals surface area contributed by atoms with Crippen molar-refractivity contribution in [2.45, 2.75) is 6.42 Å². The number of rotatable bonds is 4. The van der Waals surface area contributed by atoms with E-state index in [1.807, 2.05) is 0 Å². The summed E-state index contributed by atoms with van der Waals surface area (Å²) in [5.41, 5.74) is 0. The summed E-state index contributed by atoms with van der Waals surface area (Å²) >= 11 is 0. The van der Waals surface area contributed by atoms with Gasteiger partial charge in [0.1, 0.15) is 5.76 Å². The molecule has 0 spiro atoms. The normalized spacial score (nSPS) is 10.5. The van der Waals surface area contributed by atoms with Crippen LogP contribution in [0.4, 0.5) is 0 Å². The van der Waals surface area contributed by atoms with Crippen LogP contribution in [0.15, 0.2) is 22.6 Å². The van der Waals surface area contributed by atoms with Gasteiger partial charge >= 0.3 is 11.9 Å².